The van der Waals surface area contributed by atoms with E-state index in [0.717, 1.165) is 17.9 Å². The Morgan fingerprint density at radius 1 is 1.31 bits per heavy atom. The van der Waals surface area contributed by atoms with E-state index in [-0.39, 0.29) is 6.04 Å². The van der Waals surface area contributed by atoms with Crippen LogP contribution < -0.4 is 5.32 Å². The van der Waals surface area contributed by atoms with Crippen molar-refractivity contribution in [2.24, 2.45) is 5.92 Å². The summed E-state index contributed by atoms with van der Waals surface area (Å²) in [6.45, 7) is 0. The zero-order valence-electron chi connectivity index (χ0n) is 9.47. The normalized spacial score (nSPS) is 18.2. The lowest BCUT2D eigenvalue weighted by molar-refractivity contribution is 0.265. The van der Waals surface area contributed by atoms with Crippen molar-refractivity contribution in [3.63, 3.8) is 0 Å². The molecule has 0 aromatic heterocycles. The largest absolute Gasteiger partial charge is 0.313 e. The molecule has 1 nitrogen and oxygen atoms in total. The molecule has 1 aliphatic carbocycles. The molecule has 16 heavy (non-hydrogen) atoms. The minimum absolute atomic E-state index is 0.139. The van der Waals surface area contributed by atoms with E-state index >= 15 is 0 Å². The van der Waals surface area contributed by atoms with E-state index < -0.39 is 11.6 Å². The highest BCUT2D eigenvalue weighted by Crippen LogP contribution is 2.34. The molecule has 0 spiro atoms. The van der Waals surface area contributed by atoms with Gasteiger partial charge in [-0.1, -0.05) is 25.3 Å². The van der Waals surface area contributed by atoms with Crippen LogP contribution in [0.25, 0.3) is 0 Å². The molecule has 1 atom stereocenters. The predicted molar refractivity (Wildman–Crippen MR) is 60.1 cm³/mol. The van der Waals surface area contributed by atoms with Crippen LogP contribution in [0.2, 0.25) is 0 Å². The zero-order valence-corrected chi connectivity index (χ0v) is 9.47. The lowest BCUT2D eigenvalue weighted by atomic mass is 9.79. The Balaban J connectivity index is 2.09. The van der Waals surface area contributed by atoms with Crippen molar-refractivity contribution in [3.05, 3.63) is 35.4 Å². The van der Waals surface area contributed by atoms with Crippen molar-refractivity contribution in [1.29, 1.82) is 0 Å². The molecule has 2 rings (SSSR count). The molecule has 0 heterocycles. The molecule has 0 saturated heterocycles. The molecule has 0 bridgehead atoms. The van der Waals surface area contributed by atoms with Gasteiger partial charge in [0.05, 0.1) is 0 Å². The fourth-order valence-corrected chi connectivity index (χ4v) is 2.21. The Bertz CT molecular complexity index is 361. The van der Waals surface area contributed by atoms with E-state index in [1.165, 1.54) is 31.4 Å². The van der Waals surface area contributed by atoms with Gasteiger partial charge in [-0.15, -0.1) is 0 Å². The molecule has 0 aliphatic heterocycles. The number of hydrogen-bond donors (Lipinski definition) is 1. The highest BCUT2D eigenvalue weighted by atomic mass is 19.2. The molecular formula is C13H17F2N. The van der Waals surface area contributed by atoms with E-state index in [1.807, 2.05) is 7.05 Å². The third kappa shape index (κ3) is 2.40. The average molecular weight is 225 g/mol. The van der Waals surface area contributed by atoms with Crippen molar-refractivity contribution >= 4 is 0 Å². The van der Waals surface area contributed by atoms with E-state index in [0.29, 0.717) is 0 Å². The number of nitrogens with one attached hydrogen (secondary N) is 1. The van der Waals surface area contributed by atoms with E-state index in [9.17, 15) is 8.78 Å². The third-order valence-electron chi connectivity index (χ3n) is 3.49. The quantitative estimate of drug-likeness (QED) is 0.828. The highest BCUT2D eigenvalue weighted by Gasteiger charge is 2.22. The lowest BCUT2D eigenvalue weighted by Crippen LogP contribution is -2.23. The molecule has 0 amide bonds. The van der Waals surface area contributed by atoms with Crippen molar-refractivity contribution in [2.45, 2.75) is 31.7 Å². The van der Waals surface area contributed by atoms with Gasteiger partial charge in [-0.2, -0.15) is 0 Å². The Morgan fingerprint density at radius 2 is 2.06 bits per heavy atom. The van der Waals surface area contributed by atoms with E-state index in [1.54, 1.807) is 6.07 Å². The maximum atomic E-state index is 13.1. The van der Waals surface area contributed by atoms with Gasteiger partial charge < -0.3 is 5.32 Å². The summed E-state index contributed by atoms with van der Waals surface area (Å²) in [6, 6.07) is 4.31. The van der Waals surface area contributed by atoms with Gasteiger partial charge >= 0.3 is 0 Å². The maximum absolute atomic E-state index is 13.1. The summed E-state index contributed by atoms with van der Waals surface area (Å²) in [4.78, 5) is 0. The van der Waals surface area contributed by atoms with Gasteiger partial charge in [0.1, 0.15) is 0 Å². The van der Waals surface area contributed by atoms with Gasteiger partial charge in [0.25, 0.3) is 0 Å². The number of halogens is 2. The Kier molecular flexibility index (Phi) is 3.54. The summed E-state index contributed by atoms with van der Waals surface area (Å²) < 4.78 is 25.9. The van der Waals surface area contributed by atoms with Gasteiger partial charge in [0.15, 0.2) is 11.6 Å². The van der Waals surface area contributed by atoms with Crippen molar-refractivity contribution < 1.29 is 8.78 Å². The minimum atomic E-state index is -0.776. The van der Waals surface area contributed by atoms with Crippen LogP contribution in [0.1, 0.15) is 37.3 Å². The van der Waals surface area contributed by atoms with Gasteiger partial charge in [-0.05, 0) is 37.1 Å². The van der Waals surface area contributed by atoms with Crippen molar-refractivity contribution in [1.82, 2.24) is 5.32 Å². The first-order chi connectivity index (χ1) is 7.70. The summed E-state index contributed by atoms with van der Waals surface area (Å²) in [6.07, 6.45) is 4.85. The van der Waals surface area contributed by atoms with E-state index in [2.05, 4.69) is 5.32 Å². The average Bonchev–Trinajstić information content (AvgIpc) is 2.21. The van der Waals surface area contributed by atoms with Crippen LogP contribution in [0.3, 0.4) is 0 Å². The molecular weight excluding hydrogens is 208 g/mol. The Labute approximate surface area is 94.9 Å². The number of rotatable bonds is 4. The van der Waals surface area contributed by atoms with Crippen LogP contribution in [0, 0.1) is 17.6 Å². The van der Waals surface area contributed by atoms with Crippen LogP contribution in [0.15, 0.2) is 18.2 Å². The van der Waals surface area contributed by atoms with Gasteiger partial charge in [-0.25, -0.2) is 8.78 Å². The van der Waals surface area contributed by atoms with Gasteiger partial charge in [0.2, 0.25) is 0 Å². The monoisotopic (exact) mass is 225 g/mol. The molecule has 1 fully saturated rings. The summed E-state index contributed by atoms with van der Waals surface area (Å²) in [5, 5.41) is 3.18. The summed E-state index contributed by atoms with van der Waals surface area (Å²) >= 11 is 0. The van der Waals surface area contributed by atoms with Crippen LogP contribution in [-0.4, -0.2) is 7.05 Å². The molecule has 0 radical (unpaired) electrons. The molecule has 3 heteroatoms. The van der Waals surface area contributed by atoms with Crippen LogP contribution in [0.5, 0.6) is 0 Å². The molecule has 1 N–H and O–H groups in total. The summed E-state index contributed by atoms with van der Waals surface area (Å²) in [7, 11) is 1.87. The van der Waals surface area contributed by atoms with Crippen LogP contribution in [0.4, 0.5) is 8.78 Å². The molecule has 1 saturated carbocycles. The Hall–Kier alpha value is -0.960. The lowest BCUT2D eigenvalue weighted by Gasteiger charge is -2.29. The molecule has 1 aromatic rings. The SMILES string of the molecule is CNC(CC1CCC1)c1ccc(F)c(F)c1. The topological polar surface area (TPSA) is 12.0 Å². The number of hydrogen-bond acceptors (Lipinski definition) is 1. The van der Waals surface area contributed by atoms with Gasteiger partial charge in [-0.3, -0.25) is 0 Å². The molecule has 1 unspecified atom stereocenters. The highest BCUT2D eigenvalue weighted by molar-refractivity contribution is 5.21. The second-order valence-corrected chi connectivity index (χ2v) is 4.55. The van der Waals surface area contributed by atoms with Crippen molar-refractivity contribution in [2.75, 3.05) is 7.05 Å². The van der Waals surface area contributed by atoms with Crippen molar-refractivity contribution in [3.8, 4) is 0 Å². The fraction of sp³-hybridized carbons (Fsp3) is 0.538. The van der Waals surface area contributed by atoms with Crippen LogP contribution >= 0.6 is 0 Å². The van der Waals surface area contributed by atoms with Crippen LogP contribution in [-0.2, 0) is 0 Å². The fourth-order valence-electron chi connectivity index (χ4n) is 2.21. The third-order valence-corrected chi connectivity index (χ3v) is 3.49. The number of benzene rings is 1. The molecule has 1 aromatic carbocycles. The molecule has 88 valence electrons. The zero-order chi connectivity index (χ0) is 11.5. The molecule has 1 aliphatic rings. The first kappa shape index (κ1) is 11.5. The maximum Gasteiger partial charge on any atom is 0.159 e. The second-order valence-electron chi connectivity index (χ2n) is 4.55. The van der Waals surface area contributed by atoms with Gasteiger partial charge in [0, 0.05) is 6.04 Å². The summed E-state index contributed by atoms with van der Waals surface area (Å²) in [5.41, 5.74) is 0.841. The first-order valence-electron chi connectivity index (χ1n) is 5.83. The smallest absolute Gasteiger partial charge is 0.159 e. The van der Waals surface area contributed by atoms with E-state index in [4.69, 9.17) is 0 Å². The predicted octanol–water partition coefficient (Wildman–Crippen LogP) is 3.42. The summed E-state index contributed by atoms with van der Waals surface area (Å²) in [5.74, 6) is -0.792. The minimum Gasteiger partial charge on any atom is -0.313 e. The first-order valence-corrected chi connectivity index (χ1v) is 5.83. The Morgan fingerprint density at radius 3 is 2.56 bits per heavy atom. The second kappa shape index (κ2) is 4.91. The standard InChI is InChI=1S/C13H17F2N/c1-16-13(7-9-3-2-4-9)10-5-6-11(14)12(15)8-10/h5-6,8-9,13,16H,2-4,7H2,1H3.